The summed E-state index contributed by atoms with van der Waals surface area (Å²) in [5.41, 5.74) is 0. The van der Waals surface area contributed by atoms with Crippen LogP contribution < -0.4 is 0 Å². The van der Waals surface area contributed by atoms with E-state index in [-0.39, 0.29) is 6.61 Å². The second-order valence-corrected chi connectivity index (χ2v) is 4.28. The molecule has 13 heavy (non-hydrogen) atoms. The second-order valence-electron chi connectivity index (χ2n) is 2.85. The summed E-state index contributed by atoms with van der Waals surface area (Å²) < 4.78 is 5.21. The molecule has 5 heteroatoms. The quantitative estimate of drug-likeness (QED) is 0.781. The first kappa shape index (κ1) is 10.5. The second kappa shape index (κ2) is 5.24. The maximum absolute atomic E-state index is 8.67. The average molecular weight is 202 g/mol. The van der Waals surface area contributed by atoms with E-state index in [9.17, 15) is 0 Å². The van der Waals surface area contributed by atoms with Gasteiger partial charge in [-0.2, -0.15) is 0 Å². The van der Waals surface area contributed by atoms with Gasteiger partial charge in [0.05, 0.1) is 5.75 Å². The zero-order valence-corrected chi connectivity index (χ0v) is 8.67. The first-order valence-electron chi connectivity index (χ1n) is 4.24. The van der Waals surface area contributed by atoms with Gasteiger partial charge in [-0.1, -0.05) is 6.92 Å². The fourth-order valence-corrected chi connectivity index (χ4v) is 1.69. The van der Waals surface area contributed by atoms with E-state index < -0.39 is 0 Å². The number of rotatable bonds is 5. The molecule has 4 nitrogen and oxygen atoms in total. The lowest BCUT2D eigenvalue weighted by molar-refractivity contribution is 0.289. The van der Waals surface area contributed by atoms with Crippen LogP contribution in [0.4, 0.5) is 0 Å². The number of nitrogens with zero attached hydrogens (tertiary/aromatic N) is 2. The molecule has 0 amide bonds. The third-order valence-corrected chi connectivity index (χ3v) is 2.81. The van der Waals surface area contributed by atoms with Gasteiger partial charge in [0.2, 0.25) is 11.8 Å². The molecular formula is C8H14N2O2S. The Morgan fingerprint density at radius 3 is 2.85 bits per heavy atom. The minimum Gasteiger partial charge on any atom is -0.425 e. The fraction of sp³-hybridized carbons (Fsp3) is 0.750. The molecule has 0 aliphatic carbocycles. The van der Waals surface area contributed by atoms with Gasteiger partial charge in [-0.15, -0.1) is 22.0 Å². The zero-order valence-electron chi connectivity index (χ0n) is 7.86. The Labute approximate surface area is 81.7 Å². The normalized spacial score (nSPS) is 13.2. The van der Waals surface area contributed by atoms with Crippen LogP contribution in [0.15, 0.2) is 4.42 Å². The van der Waals surface area contributed by atoms with Crippen molar-refractivity contribution >= 4 is 11.8 Å². The molecule has 74 valence electrons. The third kappa shape index (κ3) is 3.78. The van der Waals surface area contributed by atoms with Gasteiger partial charge >= 0.3 is 0 Å². The molecule has 0 aliphatic rings. The third-order valence-electron chi connectivity index (χ3n) is 1.59. The SMILES string of the molecule is Cc1nnc(CSC(C)CCO)o1. The van der Waals surface area contributed by atoms with E-state index in [1.54, 1.807) is 18.7 Å². The molecule has 0 fully saturated rings. The van der Waals surface area contributed by atoms with E-state index >= 15 is 0 Å². The highest BCUT2D eigenvalue weighted by Crippen LogP contribution is 2.18. The van der Waals surface area contributed by atoms with Gasteiger partial charge in [0.25, 0.3) is 0 Å². The van der Waals surface area contributed by atoms with Crippen molar-refractivity contribution in [2.24, 2.45) is 0 Å². The molecule has 1 aromatic heterocycles. The van der Waals surface area contributed by atoms with Crippen LogP contribution in [-0.4, -0.2) is 27.2 Å². The lowest BCUT2D eigenvalue weighted by Gasteiger charge is -2.06. The Bertz CT molecular complexity index is 252. The Morgan fingerprint density at radius 1 is 1.54 bits per heavy atom. The molecule has 0 aliphatic heterocycles. The summed E-state index contributed by atoms with van der Waals surface area (Å²) in [5, 5.41) is 16.7. The molecule has 0 aromatic carbocycles. The molecule has 1 heterocycles. The van der Waals surface area contributed by atoms with Gasteiger partial charge in [-0.05, 0) is 6.42 Å². The highest BCUT2D eigenvalue weighted by atomic mass is 32.2. The first-order chi connectivity index (χ1) is 6.22. The summed E-state index contributed by atoms with van der Waals surface area (Å²) in [6.45, 7) is 4.08. The van der Waals surface area contributed by atoms with E-state index in [1.165, 1.54) is 0 Å². The highest BCUT2D eigenvalue weighted by molar-refractivity contribution is 7.99. The molecule has 0 radical (unpaired) electrons. The van der Waals surface area contributed by atoms with Gasteiger partial charge < -0.3 is 9.52 Å². The summed E-state index contributed by atoms with van der Waals surface area (Å²) in [5.74, 6) is 1.99. The molecule has 0 saturated carbocycles. The van der Waals surface area contributed by atoms with Crippen LogP contribution in [-0.2, 0) is 5.75 Å². The van der Waals surface area contributed by atoms with Gasteiger partial charge in [0, 0.05) is 18.8 Å². The van der Waals surface area contributed by atoms with Crippen molar-refractivity contribution in [2.45, 2.75) is 31.3 Å². The molecule has 1 N–H and O–H groups in total. The first-order valence-corrected chi connectivity index (χ1v) is 5.28. The molecule has 1 atom stereocenters. The van der Waals surface area contributed by atoms with Crippen molar-refractivity contribution in [3.63, 3.8) is 0 Å². The van der Waals surface area contributed by atoms with Crippen LogP contribution in [0.5, 0.6) is 0 Å². The number of aliphatic hydroxyl groups is 1. The van der Waals surface area contributed by atoms with Gasteiger partial charge in [0.15, 0.2) is 0 Å². The molecule has 0 saturated heterocycles. The van der Waals surface area contributed by atoms with Gasteiger partial charge in [-0.3, -0.25) is 0 Å². The summed E-state index contributed by atoms with van der Waals surface area (Å²) in [7, 11) is 0. The number of aromatic nitrogens is 2. The fourth-order valence-electron chi connectivity index (χ4n) is 0.875. The van der Waals surface area contributed by atoms with Crippen molar-refractivity contribution in [3.05, 3.63) is 11.8 Å². The van der Waals surface area contributed by atoms with Crippen LogP contribution in [0.25, 0.3) is 0 Å². The molecule has 0 spiro atoms. The van der Waals surface area contributed by atoms with E-state index in [0.29, 0.717) is 17.0 Å². The minimum atomic E-state index is 0.233. The molecule has 0 bridgehead atoms. The highest BCUT2D eigenvalue weighted by Gasteiger charge is 2.06. The molecule has 1 rings (SSSR count). The molecule has 1 aromatic rings. The van der Waals surface area contributed by atoms with Crippen molar-refractivity contribution in [2.75, 3.05) is 6.61 Å². The van der Waals surface area contributed by atoms with E-state index in [0.717, 1.165) is 12.2 Å². The monoisotopic (exact) mass is 202 g/mol. The van der Waals surface area contributed by atoms with E-state index in [2.05, 4.69) is 17.1 Å². The number of thioether (sulfide) groups is 1. The number of hydrogen-bond donors (Lipinski definition) is 1. The minimum absolute atomic E-state index is 0.233. The maximum Gasteiger partial charge on any atom is 0.226 e. The summed E-state index contributed by atoms with van der Waals surface area (Å²) in [6, 6.07) is 0. The standard InChI is InChI=1S/C8H14N2O2S/c1-6(3-4-11)13-5-8-10-9-7(2)12-8/h6,11H,3-5H2,1-2H3. The van der Waals surface area contributed by atoms with Gasteiger partial charge in [0.1, 0.15) is 0 Å². The van der Waals surface area contributed by atoms with Crippen molar-refractivity contribution in [1.82, 2.24) is 10.2 Å². The van der Waals surface area contributed by atoms with E-state index in [4.69, 9.17) is 9.52 Å². The maximum atomic E-state index is 8.67. The molecular weight excluding hydrogens is 188 g/mol. The molecule has 1 unspecified atom stereocenters. The lowest BCUT2D eigenvalue weighted by Crippen LogP contribution is -1.99. The number of aryl methyl sites for hydroxylation is 1. The Morgan fingerprint density at radius 2 is 2.31 bits per heavy atom. The summed E-state index contributed by atoms with van der Waals surface area (Å²) >= 11 is 1.71. The predicted molar refractivity (Wildman–Crippen MR) is 51.5 cm³/mol. The number of hydrogen-bond acceptors (Lipinski definition) is 5. The Balaban J connectivity index is 2.26. The van der Waals surface area contributed by atoms with Crippen molar-refractivity contribution in [3.8, 4) is 0 Å². The van der Waals surface area contributed by atoms with Crippen LogP contribution in [0, 0.1) is 6.92 Å². The number of aliphatic hydroxyl groups excluding tert-OH is 1. The average Bonchev–Trinajstić information content (AvgIpc) is 2.49. The largest absolute Gasteiger partial charge is 0.425 e. The van der Waals surface area contributed by atoms with Crippen LogP contribution >= 0.6 is 11.8 Å². The van der Waals surface area contributed by atoms with Gasteiger partial charge in [-0.25, -0.2) is 0 Å². The zero-order chi connectivity index (χ0) is 9.68. The van der Waals surface area contributed by atoms with Crippen LogP contribution in [0.2, 0.25) is 0 Å². The Hall–Kier alpha value is -0.550. The summed E-state index contributed by atoms with van der Waals surface area (Å²) in [6.07, 6.45) is 0.803. The van der Waals surface area contributed by atoms with E-state index in [1.807, 2.05) is 0 Å². The topological polar surface area (TPSA) is 59.2 Å². The lowest BCUT2D eigenvalue weighted by atomic mass is 10.3. The smallest absolute Gasteiger partial charge is 0.226 e. The predicted octanol–water partition coefficient (Wildman–Crippen LogP) is 1.38. The Kier molecular flexibility index (Phi) is 4.24. The van der Waals surface area contributed by atoms with Crippen LogP contribution in [0.1, 0.15) is 25.1 Å². The van der Waals surface area contributed by atoms with Crippen molar-refractivity contribution in [1.29, 1.82) is 0 Å². The summed E-state index contributed by atoms with van der Waals surface area (Å²) in [4.78, 5) is 0. The van der Waals surface area contributed by atoms with Crippen LogP contribution in [0.3, 0.4) is 0 Å². The van der Waals surface area contributed by atoms with Crippen molar-refractivity contribution < 1.29 is 9.52 Å².